The molecular weight excluding hydrogens is 427 g/mol. The van der Waals surface area contributed by atoms with Crippen LogP contribution in [0.4, 0.5) is 4.39 Å². The van der Waals surface area contributed by atoms with Gasteiger partial charge in [0, 0.05) is 29.9 Å². The quantitative estimate of drug-likeness (QED) is 0.584. The number of amides is 2. The number of halogens is 2. The van der Waals surface area contributed by atoms with Crippen LogP contribution in [0, 0.1) is 5.82 Å². The van der Waals surface area contributed by atoms with Crippen LogP contribution >= 0.6 is 23.4 Å². The number of carbonyl (C=O) groups excluding carboxylic acids is 2. The fourth-order valence-electron chi connectivity index (χ4n) is 3.01. The van der Waals surface area contributed by atoms with Gasteiger partial charge in [0.05, 0.1) is 12.9 Å². The molecule has 0 aromatic heterocycles. The van der Waals surface area contributed by atoms with E-state index in [1.165, 1.54) is 17.8 Å². The summed E-state index contributed by atoms with van der Waals surface area (Å²) in [5.41, 5.74) is 1.26. The molecule has 0 heterocycles. The molecule has 0 radical (unpaired) electrons. The van der Waals surface area contributed by atoms with Gasteiger partial charge in [-0.2, -0.15) is 0 Å². The van der Waals surface area contributed by atoms with E-state index in [0.717, 1.165) is 5.56 Å². The minimum absolute atomic E-state index is 0.105. The molecule has 2 aromatic carbocycles. The van der Waals surface area contributed by atoms with E-state index in [2.05, 4.69) is 5.32 Å². The first-order chi connectivity index (χ1) is 14.4. The van der Waals surface area contributed by atoms with Crippen molar-refractivity contribution in [1.82, 2.24) is 10.2 Å². The highest BCUT2D eigenvalue weighted by Gasteiger charge is 2.28. The number of thioether (sulfide) groups is 1. The topological polar surface area (TPSA) is 58.6 Å². The van der Waals surface area contributed by atoms with Crippen molar-refractivity contribution in [3.05, 3.63) is 64.4 Å². The second-order valence-electron chi connectivity index (χ2n) is 6.60. The summed E-state index contributed by atoms with van der Waals surface area (Å²) in [4.78, 5) is 27.0. The van der Waals surface area contributed by atoms with E-state index in [0.29, 0.717) is 22.8 Å². The fraction of sp³-hybridized carbons (Fsp3) is 0.364. The van der Waals surface area contributed by atoms with E-state index in [1.54, 1.807) is 31.2 Å². The van der Waals surface area contributed by atoms with E-state index >= 15 is 0 Å². The Labute approximate surface area is 185 Å². The standard InChI is InChI=1S/C22H26ClFN2O3S/c1-4-20(22(28)25-2)26(12-15-8-10-16(29-3)11-9-15)21(27)14-30-13-17-18(23)6-5-7-19(17)24/h5-11,20H,4,12-14H2,1-3H3,(H,25,28). The van der Waals surface area contributed by atoms with Crippen molar-refractivity contribution in [2.45, 2.75) is 31.7 Å². The first kappa shape index (κ1) is 24.0. The van der Waals surface area contributed by atoms with E-state index in [4.69, 9.17) is 16.3 Å². The number of carbonyl (C=O) groups is 2. The van der Waals surface area contributed by atoms with Gasteiger partial charge in [-0.3, -0.25) is 9.59 Å². The maximum atomic E-state index is 14.0. The molecule has 0 bridgehead atoms. The van der Waals surface area contributed by atoms with Crippen LogP contribution in [0.15, 0.2) is 42.5 Å². The zero-order chi connectivity index (χ0) is 22.1. The van der Waals surface area contributed by atoms with Crippen molar-refractivity contribution in [1.29, 1.82) is 0 Å². The van der Waals surface area contributed by atoms with E-state index in [-0.39, 0.29) is 29.9 Å². The van der Waals surface area contributed by atoms with Crippen LogP contribution in [0.3, 0.4) is 0 Å². The maximum Gasteiger partial charge on any atom is 0.242 e. The van der Waals surface area contributed by atoms with E-state index in [1.807, 2.05) is 31.2 Å². The number of nitrogens with zero attached hydrogens (tertiary/aromatic N) is 1. The fourth-order valence-corrected chi connectivity index (χ4v) is 4.26. The number of likely N-dealkylation sites (N-methyl/N-ethyl adjacent to an activating group) is 1. The van der Waals surface area contributed by atoms with Crippen molar-refractivity contribution in [3.63, 3.8) is 0 Å². The monoisotopic (exact) mass is 452 g/mol. The van der Waals surface area contributed by atoms with Gasteiger partial charge >= 0.3 is 0 Å². The molecule has 2 rings (SSSR count). The predicted octanol–water partition coefficient (Wildman–Crippen LogP) is 4.27. The largest absolute Gasteiger partial charge is 0.497 e. The van der Waals surface area contributed by atoms with Gasteiger partial charge in [0.25, 0.3) is 0 Å². The molecule has 0 spiro atoms. The second kappa shape index (κ2) is 11.8. The first-order valence-corrected chi connectivity index (χ1v) is 11.1. The summed E-state index contributed by atoms with van der Waals surface area (Å²) < 4.78 is 19.1. The molecule has 1 unspecified atom stereocenters. The number of ether oxygens (including phenoxy) is 1. The lowest BCUT2D eigenvalue weighted by molar-refractivity contribution is -0.139. The van der Waals surface area contributed by atoms with Gasteiger partial charge < -0.3 is 15.0 Å². The molecule has 0 aliphatic heterocycles. The van der Waals surface area contributed by atoms with Gasteiger partial charge in [-0.05, 0) is 36.2 Å². The Morgan fingerprint density at radius 1 is 1.23 bits per heavy atom. The van der Waals surface area contributed by atoms with Crippen LogP contribution in [0.1, 0.15) is 24.5 Å². The van der Waals surface area contributed by atoms with Gasteiger partial charge in [0.15, 0.2) is 0 Å². The molecule has 0 aliphatic carbocycles. The number of methoxy groups -OCH3 is 1. The van der Waals surface area contributed by atoms with Gasteiger partial charge in [-0.15, -0.1) is 11.8 Å². The highest BCUT2D eigenvalue weighted by Crippen LogP contribution is 2.25. The molecule has 162 valence electrons. The average molecular weight is 453 g/mol. The summed E-state index contributed by atoms with van der Waals surface area (Å²) in [6, 6.07) is 11.3. The lowest BCUT2D eigenvalue weighted by Gasteiger charge is -2.30. The van der Waals surface area contributed by atoms with E-state index in [9.17, 15) is 14.0 Å². The predicted molar refractivity (Wildman–Crippen MR) is 119 cm³/mol. The molecule has 1 atom stereocenters. The minimum Gasteiger partial charge on any atom is -0.497 e. The Kier molecular flexibility index (Phi) is 9.46. The van der Waals surface area contributed by atoms with Crippen molar-refractivity contribution in [2.75, 3.05) is 19.9 Å². The van der Waals surface area contributed by atoms with Crippen LogP contribution in [-0.2, 0) is 21.9 Å². The molecule has 0 aliphatic rings. The number of rotatable bonds is 10. The summed E-state index contributed by atoms with van der Waals surface area (Å²) >= 11 is 7.33. The molecule has 2 amide bonds. The van der Waals surface area contributed by atoms with Crippen LogP contribution < -0.4 is 10.1 Å². The Bertz CT molecular complexity index is 844. The smallest absolute Gasteiger partial charge is 0.242 e. The van der Waals surface area contributed by atoms with Crippen molar-refractivity contribution in [2.24, 2.45) is 0 Å². The first-order valence-electron chi connectivity index (χ1n) is 9.55. The van der Waals surface area contributed by atoms with E-state index < -0.39 is 11.9 Å². The molecule has 1 N–H and O–H groups in total. The van der Waals surface area contributed by atoms with Gasteiger partial charge in [0.1, 0.15) is 17.6 Å². The molecule has 0 saturated heterocycles. The summed E-state index contributed by atoms with van der Waals surface area (Å²) in [6.07, 6.45) is 0.478. The van der Waals surface area contributed by atoms with Gasteiger partial charge in [0.2, 0.25) is 11.8 Å². The third-order valence-corrected chi connectivity index (χ3v) is 5.98. The number of nitrogens with one attached hydrogen (secondary N) is 1. The van der Waals surface area contributed by atoms with Gasteiger partial charge in [-0.1, -0.05) is 36.7 Å². The SMILES string of the molecule is CCC(C(=O)NC)N(Cc1ccc(OC)cc1)C(=O)CSCc1c(F)cccc1Cl. The molecule has 0 saturated carbocycles. The average Bonchev–Trinajstić information content (AvgIpc) is 2.75. The highest BCUT2D eigenvalue weighted by atomic mass is 35.5. The van der Waals surface area contributed by atoms with Crippen molar-refractivity contribution < 1.29 is 18.7 Å². The van der Waals surface area contributed by atoms with Crippen LogP contribution in [-0.4, -0.2) is 42.7 Å². The third-order valence-electron chi connectivity index (χ3n) is 4.68. The molecule has 0 fully saturated rings. The summed E-state index contributed by atoms with van der Waals surface area (Å²) in [6.45, 7) is 2.15. The molecule has 2 aromatic rings. The molecule has 8 heteroatoms. The molecule has 30 heavy (non-hydrogen) atoms. The maximum absolute atomic E-state index is 14.0. The number of hydrogen-bond donors (Lipinski definition) is 1. The number of benzene rings is 2. The van der Waals surface area contributed by atoms with Gasteiger partial charge in [-0.25, -0.2) is 4.39 Å². The number of hydrogen-bond acceptors (Lipinski definition) is 4. The van der Waals surface area contributed by atoms with Crippen LogP contribution in [0.25, 0.3) is 0 Å². The van der Waals surface area contributed by atoms with Crippen LogP contribution in [0.5, 0.6) is 5.75 Å². The minimum atomic E-state index is -0.595. The highest BCUT2D eigenvalue weighted by molar-refractivity contribution is 7.99. The summed E-state index contributed by atoms with van der Waals surface area (Å²) in [7, 11) is 3.14. The summed E-state index contributed by atoms with van der Waals surface area (Å²) in [5, 5.41) is 2.96. The summed E-state index contributed by atoms with van der Waals surface area (Å²) in [5.74, 6) is 0.278. The van der Waals surface area contributed by atoms with Crippen molar-refractivity contribution in [3.8, 4) is 5.75 Å². The zero-order valence-corrected chi connectivity index (χ0v) is 18.9. The second-order valence-corrected chi connectivity index (χ2v) is 7.99. The zero-order valence-electron chi connectivity index (χ0n) is 17.3. The van der Waals surface area contributed by atoms with Crippen LogP contribution in [0.2, 0.25) is 5.02 Å². The molecule has 5 nitrogen and oxygen atoms in total. The lowest BCUT2D eigenvalue weighted by Crippen LogP contribution is -2.48. The Hall–Kier alpha value is -2.25. The Morgan fingerprint density at radius 3 is 2.50 bits per heavy atom. The van der Waals surface area contributed by atoms with Crippen molar-refractivity contribution >= 4 is 35.2 Å². The third kappa shape index (κ3) is 6.37. The Balaban J connectivity index is 2.13. The Morgan fingerprint density at radius 2 is 1.93 bits per heavy atom. The normalized spacial score (nSPS) is 11.6. The lowest BCUT2D eigenvalue weighted by atomic mass is 10.1. The molecular formula is C22H26ClFN2O3S.